The van der Waals surface area contributed by atoms with Crippen LogP contribution in [-0.4, -0.2) is 39.8 Å². The third kappa shape index (κ3) is 6.84. The maximum Gasteiger partial charge on any atom is 0.416 e. The summed E-state index contributed by atoms with van der Waals surface area (Å²) in [4.78, 5) is 4.20. The van der Waals surface area contributed by atoms with Crippen molar-refractivity contribution < 1.29 is 21.6 Å². The molecule has 0 aliphatic carbocycles. The maximum absolute atomic E-state index is 12.8. The zero-order chi connectivity index (χ0) is 21.7. The van der Waals surface area contributed by atoms with E-state index in [2.05, 4.69) is 15.6 Å². The van der Waals surface area contributed by atoms with Crippen LogP contribution in [-0.2, 0) is 29.3 Å². The van der Waals surface area contributed by atoms with Gasteiger partial charge in [0.2, 0.25) is 10.0 Å². The smallest absolute Gasteiger partial charge is 0.352 e. The first-order valence-electron chi connectivity index (χ1n) is 8.67. The third-order valence-corrected chi connectivity index (χ3v) is 6.03. The Morgan fingerprint density at radius 1 is 1.03 bits per heavy atom. The molecule has 2 rings (SSSR count). The fourth-order valence-corrected chi connectivity index (χ4v) is 3.66. The molecule has 11 heteroatoms. The number of hydrogen-bond acceptors (Lipinski definition) is 3. The molecular formula is C19H24F3IN4O2S. The average Bonchev–Trinajstić information content (AvgIpc) is 2.67. The lowest BCUT2D eigenvalue weighted by Crippen LogP contribution is -2.37. The molecule has 30 heavy (non-hydrogen) atoms. The van der Waals surface area contributed by atoms with Crippen molar-refractivity contribution in [3.05, 3.63) is 65.2 Å². The SMILES string of the molecule is CN=C(NCc1cccc(C(F)(F)F)c1)NCc1ccccc1S(=O)(=O)N(C)C.I. The summed E-state index contributed by atoms with van der Waals surface area (Å²) in [6, 6.07) is 11.6. The number of sulfonamides is 1. The van der Waals surface area contributed by atoms with Gasteiger partial charge in [0.05, 0.1) is 10.5 Å². The number of alkyl halides is 3. The van der Waals surface area contributed by atoms with E-state index in [0.29, 0.717) is 17.1 Å². The highest BCUT2D eigenvalue weighted by atomic mass is 127. The Morgan fingerprint density at radius 3 is 2.27 bits per heavy atom. The fraction of sp³-hybridized carbons (Fsp3) is 0.316. The van der Waals surface area contributed by atoms with E-state index < -0.39 is 21.8 Å². The first kappa shape index (κ1) is 26.2. The normalized spacial score (nSPS) is 12.4. The molecule has 0 saturated carbocycles. The average molecular weight is 556 g/mol. The van der Waals surface area contributed by atoms with Crippen LogP contribution in [0.25, 0.3) is 0 Å². The molecular weight excluding hydrogens is 532 g/mol. The molecule has 0 bridgehead atoms. The largest absolute Gasteiger partial charge is 0.416 e. The minimum Gasteiger partial charge on any atom is -0.352 e. The zero-order valence-corrected chi connectivity index (χ0v) is 19.8. The number of aliphatic imine (C=N–C) groups is 1. The fourth-order valence-electron chi connectivity index (χ4n) is 2.54. The van der Waals surface area contributed by atoms with Crippen molar-refractivity contribution in [3.63, 3.8) is 0 Å². The van der Waals surface area contributed by atoms with Crippen molar-refractivity contribution in [3.8, 4) is 0 Å². The summed E-state index contributed by atoms with van der Waals surface area (Å²) in [5.74, 6) is 0.333. The van der Waals surface area contributed by atoms with E-state index in [-0.39, 0.29) is 42.0 Å². The summed E-state index contributed by atoms with van der Waals surface area (Å²) in [5, 5.41) is 5.91. The van der Waals surface area contributed by atoms with E-state index in [9.17, 15) is 21.6 Å². The van der Waals surface area contributed by atoms with Gasteiger partial charge in [-0.25, -0.2) is 12.7 Å². The van der Waals surface area contributed by atoms with Crippen molar-refractivity contribution in [2.75, 3.05) is 21.1 Å². The van der Waals surface area contributed by atoms with Crippen LogP contribution >= 0.6 is 24.0 Å². The van der Waals surface area contributed by atoms with Gasteiger partial charge < -0.3 is 10.6 Å². The topological polar surface area (TPSA) is 73.8 Å². The molecule has 0 unspecified atom stereocenters. The van der Waals surface area contributed by atoms with Gasteiger partial charge in [0.25, 0.3) is 0 Å². The van der Waals surface area contributed by atoms with Gasteiger partial charge in [0.15, 0.2) is 5.96 Å². The predicted octanol–water partition coefficient (Wildman–Crippen LogP) is 3.44. The van der Waals surface area contributed by atoms with Crippen LogP contribution in [0.1, 0.15) is 16.7 Å². The molecule has 6 nitrogen and oxygen atoms in total. The van der Waals surface area contributed by atoms with E-state index >= 15 is 0 Å². The first-order valence-corrected chi connectivity index (χ1v) is 10.1. The van der Waals surface area contributed by atoms with Crippen LogP contribution in [0.15, 0.2) is 58.4 Å². The Kier molecular flexibility index (Phi) is 9.56. The zero-order valence-electron chi connectivity index (χ0n) is 16.7. The number of hydrogen-bond donors (Lipinski definition) is 2. The van der Waals surface area contributed by atoms with Crippen LogP contribution in [0.2, 0.25) is 0 Å². The minimum atomic E-state index is -4.41. The molecule has 0 aliphatic rings. The van der Waals surface area contributed by atoms with E-state index in [4.69, 9.17) is 0 Å². The summed E-state index contributed by atoms with van der Waals surface area (Å²) in [5.41, 5.74) is 0.268. The van der Waals surface area contributed by atoms with Crippen LogP contribution in [0, 0.1) is 0 Å². The predicted molar refractivity (Wildman–Crippen MR) is 121 cm³/mol. The van der Waals surface area contributed by atoms with Crippen LogP contribution < -0.4 is 10.6 Å². The first-order chi connectivity index (χ1) is 13.6. The van der Waals surface area contributed by atoms with E-state index in [0.717, 1.165) is 16.4 Å². The van der Waals surface area contributed by atoms with Crippen LogP contribution in [0.5, 0.6) is 0 Å². The lowest BCUT2D eigenvalue weighted by Gasteiger charge is -2.17. The van der Waals surface area contributed by atoms with Crippen LogP contribution in [0.4, 0.5) is 13.2 Å². The van der Waals surface area contributed by atoms with Gasteiger partial charge in [-0.15, -0.1) is 24.0 Å². The number of guanidine groups is 1. The van der Waals surface area contributed by atoms with E-state index in [1.807, 2.05) is 0 Å². The Balaban J connectivity index is 0.00000450. The monoisotopic (exact) mass is 556 g/mol. The molecule has 0 saturated heterocycles. The summed E-state index contributed by atoms with van der Waals surface area (Å²) in [6.07, 6.45) is -4.41. The number of nitrogens with one attached hydrogen (secondary N) is 2. The number of rotatable bonds is 6. The molecule has 0 fully saturated rings. The van der Waals surface area contributed by atoms with Gasteiger partial charge in [-0.2, -0.15) is 13.2 Å². The van der Waals surface area contributed by atoms with Crippen molar-refractivity contribution in [2.24, 2.45) is 4.99 Å². The highest BCUT2D eigenvalue weighted by Crippen LogP contribution is 2.29. The summed E-state index contributed by atoms with van der Waals surface area (Å²) >= 11 is 0. The molecule has 0 spiro atoms. The molecule has 2 aromatic rings. The Hall–Kier alpha value is -1.86. The molecule has 166 valence electrons. The van der Waals surface area contributed by atoms with Crippen molar-refractivity contribution in [1.29, 1.82) is 0 Å². The molecule has 2 aromatic carbocycles. The second-order valence-corrected chi connectivity index (χ2v) is 8.49. The second kappa shape index (κ2) is 11.0. The van der Waals surface area contributed by atoms with Crippen LogP contribution in [0.3, 0.4) is 0 Å². The molecule has 0 radical (unpaired) electrons. The summed E-state index contributed by atoms with van der Waals surface area (Å²) in [6.45, 7) is 0.298. The lowest BCUT2D eigenvalue weighted by atomic mass is 10.1. The van der Waals surface area contributed by atoms with Gasteiger partial charge in [0, 0.05) is 34.2 Å². The second-order valence-electron chi connectivity index (χ2n) is 6.37. The van der Waals surface area contributed by atoms with Crippen molar-refractivity contribution >= 4 is 40.0 Å². The highest BCUT2D eigenvalue weighted by molar-refractivity contribution is 14.0. The molecule has 0 atom stereocenters. The van der Waals surface area contributed by atoms with Crippen molar-refractivity contribution in [2.45, 2.75) is 24.2 Å². The number of nitrogens with zero attached hydrogens (tertiary/aromatic N) is 2. The summed E-state index contributed by atoms with van der Waals surface area (Å²) in [7, 11) is 0.815. The summed E-state index contributed by atoms with van der Waals surface area (Å²) < 4.78 is 64.5. The van der Waals surface area contributed by atoms with Crippen molar-refractivity contribution in [1.82, 2.24) is 14.9 Å². The lowest BCUT2D eigenvalue weighted by molar-refractivity contribution is -0.137. The third-order valence-electron chi connectivity index (χ3n) is 4.12. The molecule has 0 heterocycles. The Labute approximate surface area is 191 Å². The number of benzene rings is 2. The van der Waals surface area contributed by atoms with Gasteiger partial charge in [0.1, 0.15) is 0 Å². The van der Waals surface area contributed by atoms with E-state index in [1.54, 1.807) is 24.3 Å². The molecule has 0 aromatic heterocycles. The minimum absolute atomic E-state index is 0. The van der Waals surface area contributed by atoms with E-state index in [1.165, 1.54) is 33.3 Å². The van der Waals surface area contributed by atoms with Gasteiger partial charge in [-0.3, -0.25) is 4.99 Å². The standard InChI is InChI=1S/C19H23F3N4O2S.HI/c1-23-18(24-12-14-7-6-9-16(11-14)19(20,21)22)25-13-15-8-4-5-10-17(15)29(27,28)26(2)3;/h4-11H,12-13H2,1-3H3,(H2,23,24,25);1H. The molecule has 0 amide bonds. The van der Waals surface area contributed by atoms with Gasteiger partial charge in [-0.05, 0) is 29.3 Å². The maximum atomic E-state index is 12.8. The van der Waals surface area contributed by atoms with Gasteiger partial charge in [-0.1, -0.05) is 30.3 Å². The highest BCUT2D eigenvalue weighted by Gasteiger charge is 2.30. The Bertz CT molecular complexity index is 980. The molecule has 0 aliphatic heterocycles. The molecule has 2 N–H and O–H groups in total. The Morgan fingerprint density at radius 2 is 1.67 bits per heavy atom. The van der Waals surface area contributed by atoms with Gasteiger partial charge >= 0.3 is 6.18 Å². The quantitative estimate of drug-likeness (QED) is 0.325. The number of halogens is 4.